The summed E-state index contributed by atoms with van der Waals surface area (Å²) < 4.78 is 26.2. The van der Waals surface area contributed by atoms with Crippen LogP contribution in [0.3, 0.4) is 0 Å². The van der Waals surface area contributed by atoms with Gasteiger partial charge in [0.25, 0.3) is 0 Å². The largest absolute Gasteiger partial charge is 0.243 e. The fourth-order valence-corrected chi connectivity index (χ4v) is 3.56. The molecule has 90 valence electrons. The van der Waals surface area contributed by atoms with Crippen molar-refractivity contribution in [3.8, 4) is 12.3 Å². The Labute approximate surface area is 103 Å². The Balaban J connectivity index is 2.34. The predicted molar refractivity (Wildman–Crippen MR) is 67.0 cm³/mol. The van der Waals surface area contributed by atoms with Crippen molar-refractivity contribution in [3.05, 3.63) is 29.8 Å². The van der Waals surface area contributed by atoms with Crippen LogP contribution in [-0.2, 0) is 10.0 Å². The zero-order valence-corrected chi connectivity index (χ0v) is 10.4. The van der Waals surface area contributed by atoms with Crippen LogP contribution in [0.5, 0.6) is 0 Å². The lowest BCUT2D eigenvalue weighted by Gasteiger charge is -2.25. The molecule has 0 spiro atoms. The van der Waals surface area contributed by atoms with Gasteiger partial charge in [-0.1, -0.05) is 18.4 Å². The van der Waals surface area contributed by atoms with Crippen LogP contribution in [0.1, 0.15) is 24.8 Å². The molecule has 0 radical (unpaired) electrons. The van der Waals surface area contributed by atoms with Gasteiger partial charge in [-0.2, -0.15) is 4.31 Å². The SMILES string of the molecule is C#Cc1cccc(S(=O)(=O)N2CCCCC2)c1. The van der Waals surface area contributed by atoms with Crippen LogP contribution >= 0.6 is 0 Å². The van der Waals surface area contributed by atoms with Gasteiger partial charge in [-0.05, 0) is 31.0 Å². The van der Waals surface area contributed by atoms with E-state index >= 15 is 0 Å². The molecule has 17 heavy (non-hydrogen) atoms. The molecule has 2 rings (SSSR count). The molecular formula is C13H15NO2S. The minimum absolute atomic E-state index is 0.301. The average Bonchev–Trinajstić information content (AvgIpc) is 2.40. The Morgan fingerprint density at radius 1 is 1.18 bits per heavy atom. The molecule has 1 aliphatic rings. The van der Waals surface area contributed by atoms with Crippen molar-refractivity contribution in [3.63, 3.8) is 0 Å². The summed E-state index contributed by atoms with van der Waals surface area (Å²) in [5.41, 5.74) is 0.600. The van der Waals surface area contributed by atoms with E-state index in [1.807, 2.05) is 0 Å². The molecule has 1 fully saturated rings. The second-order valence-corrected chi connectivity index (χ2v) is 6.07. The number of benzene rings is 1. The lowest BCUT2D eigenvalue weighted by atomic mass is 10.2. The number of rotatable bonds is 2. The molecule has 1 heterocycles. The van der Waals surface area contributed by atoms with E-state index in [-0.39, 0.29) is 0 Å². The van der Waals surface area contributed by atoms with E-state index < -0.39 is 10.0 Å². The Morgan fingerprint density at radius 2 is 1.88 bits per heavy atom. The van der Waals surface area contributed by atoms with Crippen LogP contribution in [0.15, 0.2) is 29.2 Å². The zero-order valence-electron chi connectivity index (χ0n) is 9.59. The van der Waals surface area contributed by atoms with E-state index in [1.165, 1.54) is 0 Å². The van der Waals surface area contributed by atoms with E-state index in [2.05, 4.69) is 5.92 Å². The maximum absolute atomic E-state index is 12.3. The highest BCUT2D eigenvalue weighted by Gasteiger charge is 2.25. The molecule has 1 aromatic rings. The maximum Gasteiger partial charge on any atom is 0.243 e. The molecule has 0 unspecified atom stereocenters. The minimum Gasteiger partial charge on any atom is -0.207 e. The van der Waals surface area contributed by atoms with Gasteiger partial charge in [0.1, 0.15) is 0 Å². The third-order valence-electron chi connectivity index (χ3n) is 2.95. The summed E-state index contributed by atoms with van der Waals surface area (Å²) in [7, 11) is -3.36. The van der Waals surface area contributed by atoms with Gasteiger partial charge in [0.15, 0.2) is 0 Å². The Hall–Kier alpha value is -1.31. The van der Waals surface area contributed by atoms with Crippen molar-refractivity contribution < 1.29 is 8.42 Å². The summed E-state index contributed by atoms with van der Waals surface area (Å²) in [6.07, 6.45) is 8.27. The second-order valence-electron chi connectivity index (χ2n) is 4.14. The highest BCUT2D eigenvalue weighted by atomic mass is 32.2. The second kappa shape index (κ2) is 4.91. The molecule has 0 amide bonds. The molecular weight excluding hydrogens is 234 g/mol. The smallest absolute Gasteiger partial charge is 0.207 e. The Morgan fingerprint density at radius 3 is 2.53 bits per heavy atom. The lowest BCUT2D eigenvalue weighted by Crippen LogP contribution is -2.35. The number of hydrogen-bond acceptors (Lipinski definition) is 2. The highest BCUT2D eigenvalue weighted by Crippen LogP contribution is 2.20. The molecule has 1 saturated heterocycles. The Bertz CT molecular complexity index is 537. The summed E-state index contributed by atoms with van der Waals surface area (Å²) in [6, 6.07) is 6.58. The van der Waals surface area contributed by atoms with E-state index in [1.54, 1.807) is 28.6 Å². The number of nitrogens with zero attached hydrogens (tertiary/aromatic N) is 1. The predicted octanol–water partition coefficient (Wildman–Crippen LogP) is 1.84. The van der Waals surface area contributed by atoms with E-state index in [4.69, 9.17) is 6.42 Å². The van der Waals surface area contributed by atoms with Crippen LogP contribution in [0.25, 0.3) is 0 Å². The molecule has 0 saturated carbocycles. The normalized spacial score (nSPS) is 17.6. The number of hydrogen-bond donors (Lipinski definition) is 0. The summed E-state index contributed by atoms with van der Waals surface area (Å²) in [6.45, 7) is 1.23. The molecule has 0 atom stereocenters. The standard InChI is InChI=1S/C13H15NO2S/c1-2-12-7-6-8-13(11-12)17(15,16)14-9-4-3-5-10-14/h1,6-8,11H,3-5,9-10H2. The first-order valence-corrected chi connectivity index (χ1v) is 7.15. The molecule has 4 heteroatoms. The van der Waals surface area contributed by atoms with Gasteiger partial charge in [-0.3, -0.25) is 0 Å². The highest BCUT2D eigenvalue weighted by molar-refractivity contribution is 7.89. The quantitative estimate of drug-likeness (QED) is 0.750. The number of piperidine rings is 1. The maximum atomic E-state index is 12.3. The van der Waals surface area contributed by atoms with Gasteiger partial charge in [-0.15, -0.1) is 6.42 Å². The Kier molecular flexibility index (Phi) is 3.51. The van der Waals surface area contributed by atoms with Crippen molar-refractivity contribution in [1.29, 1.82) is 0 Å². The van der Waals surface area contributed by atoms with Crippen molar-refractivity contribution in [2.24, 2.45) is 0 Å². The molecule has 0 aromatic heterocycles. The molecule has 0 N–H and O–H groups in total. The molecule has 1 aliphatic heterocycles. The van der Waals surface area contributed by atoms with Crippen LogP contribution in [-0.4, -0.2) is 25.8 Å². The van der Waals surface area contributed by atoms with Gasteiger partial charge in [0.05, 0.1) is 4.90 Å². The van der Waals surface area contributed by atoms with Crippen molar-refractivity contribution in [2.45, 2.75) is 24.2 Å². The minimum atomic E-state index is -3.36. The summed E-state index contributed by atoms with van der Waals surface area (Å²) >= 11 is 0. The number of sulfonamides is 1. The molecule has 0 aliphatic carbocycles. The van der Waals surface area contributed by atoms with Gasteiger partial charge in [0, 0.05) is 18.7 Å². The van der Waals surface area contributed by atoms with Crippen LogP contribution < -0.4 is 0 Å². The zero-order chi connectivity index (χ0) is 12.3. The van der Waals surface area contributed by atoms with E-state index in [9.17, 15) is 8.42 Å². The van der Waals surface area contributed by atoms with E-state index in [0.29, 0.717) is 23.5 Å². The third-order valence-corrected chi connectivity index (χ3v) is 4.85. The lowest BCUT2D eigenvalue weighted by molar-refractivity contribution is 0.346. The van der Waals surface area contributed by atoms with Crippen molar-refractivity contribution in [2.75, 3.05) is 13.1 Å². The monoisotopic (exact) mass is 249 g/mol. The van der Waals surface area contributed by atoms with Crippen molar-refractivity contribution >= 4 is 10.0 Å². The number of terminal acetylenes is 1. The van der Waals surface area contributed by atoms with E-state index in [0.717, 1.165) is 19.3 Å². The average molecular weight is 249 g/mol. The van der Waals surface area contributed by atoms with Crippen LogP contribution in [0.2, 0.25) is 0 Å². The van der Waals surface area contributed by atoms with Crippen LogP contribution in [0, 0.1) is 12.3 Å². The molecule has 1 aromatic carbocycles. The first-order chi connectivity index (χ1) is 8.14. The fourth-order valence-electron chi connectivity index (χ4n) is 2.00. The summed E-state index contributed by atoms with van der Waals surface area (Å²) in [5, 5.41) is 0. The molecule has 0 bridgehead atoms. The van der Waals surface area contributed by atoms with Gasteiger partial charge in [0.2, 0.25) is 10.0 Å². The van der Waals surface area contributed by atoms with Gasteiger partial charge < -0.3 is 0 Å². The van der Waals surface area contributed by atoms with Crippen LogP contribution in [0.4, 0.5) is 0 Å². The summed E-state index contributed by atoms with van der Waals surface area (Å²) in [4.78, 5) is 0.301. The topological polar surface area (TPSA) is 37.4 Å². The van der Waals surface area contributed by atoms with Gasteiger partial charge >= 0.3 is 0 Å². The fraction of sp³-hybridized carbons (Fsp3) is 0.385. The first-order valence-electron chi connectivity index (χ1n) is 5.71. The first kappa shape index (κ1) is 12.2. The van der Waals surface area contributed by atoms with Gasteiger partial charge in [-0.25, -0.2) is 8.42 Å². The molecule has 3 nitrogen and oxygen atoms in total. The van der Waals surface area contributed by atoms with Crippen molar-refractivity contribution in [1.82, 2.24) is 4.31 Å². The third kappa shape index (κ3) is 2.51. The summed E-state index contributed by atoms with van der Waals surface area (Å²) in [5.74, 6) is 2.46.